The zero-order chi connectivity index (χ0) is 15.9. The highest BCUT2D eigenvalue weighted by Crippen LogP contribution is 2.31. The van der Waals surface area contributed by atoms with Crippen molar-refractivity contribution in [3.8, 4) is 0 Å². The summed E-state index contributed by atoms with van der Waals surface area (Å²) >= 11 is 1.44. The van der Waals surface area contributed by atoms with Gasteiger partial charge in [-0.05, 0) is 31.4 Å². The predicted octanol–water partition coefficient (Wildman–Crippen LogP) is 3.93. The first-order valence-electron chi connectivity index (χ1n) is 6.17. The molecule has 116 valence electrons. The molecule has 1 N–H and O–H groups in total. The minimum Gasteiger partial charge on any atom is -0.463 e. The normalized spacial score (nSPS) is 12.1. The molecule has 0 heterocycles. The lowest BCUT2D eigenvalue weighted by molar-refractivity contribution is -0.138. The molecule has 0 amide bonds. The van der Waals surface area contributed by atoms with Crippen LogP contribution in [0.1, 0.15) is 12.5 Å². The second kappa shape index (κ2) is 7.97. The molecule has 1 aromatic rings. The topological polar surface area (TPSA) is 38.3 Å². The van der Waals surface area contributed by atoms with Gasteiger partial charge in [0.15, 0.2) is 0 Å². The van der Waals surface area contributed by atoms with Gasteiger partial charge in [-0.15, -0.1) is 0 Å². The predicted molar refractivity (Wildman–Crippen MR) is 78.2 cm³/mol. The summed E-state index contributed by atoms with van der Waals surface area (Å²) in [5.74, 6) is -0.0734. The number of carbonyl (C=O) groups excluding carboxylic acids is 1. The first-order chi connectivity index (χ1) is 9.86. The number of carbonyl (C=O) groups is 1. The number of hydrogen-bond acceptors (Lipinski definition) is 4. The van der Waals surface area contributed by atoms with Crippen LogP contribution in [-0.2, 0) is 15.7 Å². The summed E-state index contributed by atoms with van der Waals surface area (Å²) in [6.07, 6.45) is -1.32. The minimum absolute atomic E-state index is 0.242. The van der Waals surface area contributed by atoms with E-state index >= 15 is 0 Å². The van der Waals surface area contributed by atoms with E-state index in [0.29, 0.717) is 11.4 Å². The molecule has 0 aromatic heterocycles. The van der Waals surface area contributed by atoms with E-state index in [2.05, 4.69) is 5.32 Å². The second-order valence-electron chi connectivity index (χ2n) is 4.06. The lowest BCUT2D eigenvalue weighted by Crippen LogP contribution is -2.09. The highest BCUT2D eigenvalue weighted by atomic mass is 32.2. The monoisotopic (exact) mass is 319 g/mol. The molecular weight excluding hydrogens is 303 g/mol. The Morgan fingerprint density at radius 1 is 1.43 bits per heavy atom. The molecular formula is C14H16F3NO2S. The Labute approximate surface area is 125 Å². The third-order valence-electron chi connectivity index (χ3n) is 2.37. The number of esters is 1. The van der Waals surface area contributed by atoms with Crippen molar-refractivity contribution in [2.45, 2.75) is 13.1 Å². The highest BCUT2D eigenvalue weighted by Gasteiger charge is 2.30. The van der Waals surface area contributed by atoms with Crippen LogP contribution in [0.5, 0.6) is 0 Å². The number of ether oxygens (including phenoxy) is 1. The lowest BCUT2D eigenvalue weighted by Gasteiger charge is -2.12. The Bertz CT molecular complexity index is 515. The third-order valence-corrected chi connectivity index (χ3v) is 2.97. The molecule has 0 fully saturated rings. The van der Waals surface area contributed by atoms with Gasteiger partial charge >= 0.3 is 12.1 Å². The number of rotatable bonds is 6. The molecule has 0 saturated heterocycles. The number of halogens is 3. The highest BCUT2D eigenvalue weighted by molar-refractivity contribution is 7.98. The van der Waals surface area contributed by atoms with Crippen molar-refractivity contribution < 1.29 is 22.7 Å². The summed E-state index contributed by atoms with van der Waals surface area (Å²) < 4.78 is 42.7. The van der Waals surface area contributed by atoms with Gasteiger partial charge in [0, 0.05) is 23.2 Å². The zero-order valence-electron chi connectivity index (χ0n) is 11.7. The average Bonchev–Trinajstić information content (AvgIpc) is 2.38. The molecule has 0 bridgehead atoms. The number of anilines is 1. The zero-order valence-corrected chi connectivity index (χ0v) is 12.5. The summed E-state index contributed by atoms with van der Waals surface area (Å²) in [6.45, 7) is 1.92. The van der Waals surface area contributed by atoms with E-state index in [1.807, 2.05) is 6.26 Å². The van der Waals surface area contributed by atoms with Crippen molar-refractivity contribution in [2.75, 3.05) is 23.9 Å². The van der Waals surface area contributed by atoms with E-state index in [1.165, 1.54) is 30.0 Å². The van der Waals surface area contributed by atoms with Crippen LogP contribution >= 0.6 is 11.8 Å². The van der Waals surface area contributed by atoms with Gasteiger partial charge in [0.2, 0.25) is 0 Å². The van der Waals surface area contributed by atoms with E-state index in [9.17, 15) is 18.0 Å². The number of benzene rings is 1. The van der Waals surface area contributed by atoms with Crippen LogP contribution in [0.15, 0.2) is 36.0 Å². The summed E-state index contributed by atoms with van der Waals surface area (Å²) in [7, 11) is 0. The molecule has 0 spiro atoms. The van der Waals surface area contributed by atoms with E-state index in [-0.39, 0.29) is 12.3 Å². The van der Waals surface area contributed by atoms with Crippen LogP contribution in [0, 0.1) is 0 Å². The van der Waals surface area contributed by atoms with Crippen LogP contribution < -0.4 is 5.32 Å². The van der Waals surface area contributed by atoms with Crippen molar-refractivity contribution in [1.82, 2.24) is 0 Å². The Kier molecular flexibility index (Phi) is 6.61. The molecule has 0 aliphatic heterocycles. The molecule has 1 aromatic carbocycles. The van der Waals surface area contributed by atoms with Crippen molar-refractivity contribution in [2.24, 2.45) is 0 Å². The fourth-order valence-corrected chi connectivity index (χ4v) is 2.02. The fraction of sp³-hybridized carbons (Fsp3) is 0.357. The maximum absolute atomic E-state index is 12.6. The van der Waals surface area contributed by atoms with Gasteiger partial charge < -0.3 is 10.1 Å². The SMILES string of the molecule is CCOC(=O)/C=C(\CSC)Nc1cccc(C(F)(F)F)c1. The van der Waals surface area contributed by atoms with Gasteiger partial charge in [0.1, 0.15) is 0 Å². The van der Waals surface area contributed by atoms with Crippen LogP contribution in [0.4, 0.5) is 18.9 Å². The van der Waals surface area contributed by atoms with Gasteiger partial charge in [-0.25, -0.2) is 4.79 Å². The lowest BCUT2D eigenvalue weighted by atomic mass is 10.2. The quantitative estimate of drug-likeness (QED) is 0.637. The summed E-state index contributed by atoms with van der Waals surface area (Å²) in [4.78, 5) is 11.4. The van der Waals surface area contributed by atoms with Crippen molar-refractivity contribution in [3.63, 3.8) is 0 Å². The summed E-state index contributed by atoms with van der Waals surface area (Å²) in [6, 6.07) is 4.81. The van der Waals surface area contributed by atoms with E-state index in [4.69, 9.17) is 4.74 Å². The molecule has 0 unspecified atom stereocenters. The molecule has 21 heavy (non-hydrogen) atoms. The standard InChI is InChI=1S/C14H16F3NO2S/c1-3-20-13(19)8-12(9-21-2)18-11-6-4-5-10(7-11)14(15,16)17/h4-8,18H,3,9H2,1-2H3/b12-8+. The molecule has 0 atom stereocenters. The Balaban J connectivity index is 2.91. The number of nitrogens with one attached hydrogen (secondary N) is 1. The molecule has 0 aliphatic rings. The minimum atomic E-state index is -4.40. The van der Waals surface area contributed by atoms with Gasteiger partial charge in [0.05, 0.1) is 12.2 Å². The van der Waals surface area contributed by atoms with Gasteiger partial charge in [0.25, 0.3) is 0 Å². The molecule has 0 radical (unpaired) electrons. The van der Waals surface area contributed by atoms with Gasteiger partial charge in [-0.2, -0.15) is 24.9 Å². The number of hydrogen-bond donors (Lipinski definition) is 1. The number of thioether (sulfide) groups is 1. The molecule has 0 saturated carbocycles. The van der Waals surface area contributed by atoms with Crippen LogP contribution in [0.3, 0.4) is 0 Å². The molecule has 0 aliphatic carbocycles. The fourth-order valence-electron chi connectivity index (χ4n) is 1.55. The summed E-state index contributed by atoms with van der Waals surface area (Å²) in [5.41, 5.74) is 0.0156. The third kappa shape index (κ3) is 6.12. The molecule has 7 heteroatoms. The number of alkyl halides is 3. The smallest absolute Gasteiger partial charge is 0.416 e. The van der Waals surface area contributed by atoms with Gasteiger partial charge in [-0.1, -0.05) is 6.07 Å². The van der Waals surface area contributed by atoms with E-state index in [1.54, 1.807) is 6.92 Å². The maximum atomic E-state index is 12.6. The van der Waals surface area contributed by atoms with Crippen LogP contribution in [0.2, 0.25) is 0 Å². The van der Waals surface area contributed by atoms with Crippen molar-refractivity contribution >= 4 is 23.4 Å². The van der Waals surface area contributed by atoms with Crippen molar-refractivity contribution in [1.29, 1.82) is 0 Å². The van der Waals surface area contributed by atoms with Crippen LogP contribution in [-0.4, -0.2) is 24.6 Å². The second-order valence-corrected chi connectivity index (χ2v) is 4.92. The maximum Gasteiger partial charge on any atom is 0.416 e. The Morgan fingerprint density at radius 3 is 2.71 bits per heavy atom. The molecule has 1 rings (SSSR count). The first kappa shape index (κ1) is 17.4. The first-order valence-corrected chi connectivity index (χ1v) is 7.56. The van der Waals surface area contributed by atoms with Crippen molar-refractivity contribution in [3.05, 3.63) is 41.6 Å². The van der Waals surface area contributed by atoms with Crippen LogP contribution in [0.25, 0.3) is 0 Å². The summed E-state index contributed by atoms with van der Waals surface area (Å²) in [5, 5.41) is 2.82. The molecule has 3 nitrogen and oxygen atoms in total. The van der Waals surface area contributed by atoms with E-state index < -0.39 is 17.7 Å². The largest absolute Gasteiger partial charge is 0.463 e. The Morgan fingerprint density at radius 2 is 2.14 bits per heavy atom. The average molecular weight is 319 g/mol. The van der Waals surface area contributed by atoms with E-state index in [0.717, 1.165) is 12.1 Å². The van der Waals surface area contributed by atoms with Gasteiger partial charge in [-0.3, -0.25) is 0 Å². The Hall–Kier alpha value is -1.63.